The minimum Gasteiger partial charge on any atom is -0.363 e. The van der Waals surface area contributed by atoms with E-state index in [9.17, 15) is 10.1 Å². The number of hydrogen-bond acceptors (Lipinski definition) is 5. The molecule has 14 heavy (non-hydrogen) atoms. The van der Waals surface area contributed by atoms with Crippen LogP contribution in [0.3, 0.4) is 0 Å². The third-order valence-corrected chi connectivity index (χ3v) is 1.65. The Bertz CT molecular complexity index is 316. The van der Waals surface area contributed by atoms with E-state index in [-0.39, 0.29) is 5.69 Å². The maximum Gasteiger partial charge on any atom is 0.311 e. The molecule has 2 N–H and O–H groups in total. The van der Waals surface area contributed by atoms with Gasteiger partial charge in [-0.2, -0.15) is 0 Å². The third-order valence-electron chi connectivity index (χ3n) is 1.65. The molecule has 0 saturated heterocycles. The van der Waals surface area contributed by atoms with Crippen LogP contribution in [0.5, 0.6) is 0 Å². The van der Waals surface area contributed by atoms with Crippen molar-refractivity contribution in [3.63, 3.8) is 0 Å². The van der Waals surface area contributed by atoms with Gasteiger partial charge in [-0.05, 0) is 13.1 Å². The van der Waals surface area contributed by atoms with Crippen molar-refractivity contribution in [3.05, 3.63) is 28.4 Å². The second-order valence-electron chi connectivity index (χ2n) is 2.66. The third kappa shape index (κ3) is 2.67. The van der Waals surface area contributed by atoms with E-state index in [4.69, 9.17) is 0 Å². The summed E-state index contributed by atoms with van der Waals surface area (Å²) in [5, 5.41) is 16.4. The first-order chi connectivity index (χ1) is 6.75. The average molecular weight is 196 g/mol. The number of aromatic nitrogens is 1. The van der Waals surface area contributed by atoms with Gasteiger partial charge in [0.25, 0.3) is 0 Å². The van der Waals surface area contributed by atoms with Gasteiger partial charge in [-0.1, -0.05) is 0 Å². The van der Waals surface area contributed by atoms with Crippen LogP contribution in [0.2, 0.25) is 0 Å². The van der Waals surface area contributed by atoms with Crippen molar-refractivity contribution in [2.24, 2.45) is 0 Å². The first-order valence-corrected chi connectivity index (χ1v) is 4.23. The lowest BCUT2D eigenvalue weighted by atomic mass is 10.4. The van der Waals surface area contributed by atoms with Crippen LogP contribution >= 0.6 is 0 Å². The number of nitrogens with zero attached hydrogens (tertiary/aromatic N) is 2. The van der Waals surface area contributed by atoms with Crippen LogP contribution in [0.25, 0.3) is 0 Å². The molecular weight excluding hydrogens is 184 g/mol. The smallest absolute Gasteiger partial charge is 0.311 e. The zero-order chi connectivity index (χ0) is 10.4. The van der Waals surface area contributed by atoms with Crippen LogP contribution < -0.4 is 10.6 Å². The van der Waals surface area contributed by atoms with E-state index in [0.717, 1.165) is 6.54 Å². The molecule has 6 nitrogen and oxygen atoms in total. The number of nitrogens with one attached hydrogen (secondary N) is 2. The predicted octanol–water partition coefficient (Wildman–Crippen LogP) is 0.621. The Labute approximate surface area is 81.5 Å². The Hall–Kier alpha value is -1.69. The molecule has 1 heterocycles. The van der Waals surface area contributed by atoms with E-state index < -0.39 is 4.92 Å². The fourth-order valence-electron chi connectivity index (χ4n) is 0.986. The van der Waals surface area contributed by atoms with Gasteiger partial charge in [-0.25, -0.2) is 4.98 Å². The van der Waals surface area contributed by atoms with E-state index in [1.165, 1.54) is 12.3 Å². The lowest BCUT2D eigenvalue weighted by Gasteiger charge is -2.04. The highest BCUT2D eigenvalue weighted by molar-refractivity contribution is 5.54. The van der Waals surface area contributed by atoms with Crippen molar-refractivity contribution in [2.75, 3.05) is 25.5 Å². The fourth-order valence-corrected chi connectivity index (χ4v) is 0.986. The molecule has 0 aliphatic heterocycles. The predicted molar refractivity (Wildman–Crippen MR) is 53.3 cm³/mol. The van der Waals surface area contributed by atoms with Gasteiger partial charge in [0.05, 0.1) is 4.92 Å². The van der Waals surface area contributed by atoms with Gasteiger partial charge in [0.1, 0.15) is 0 Å². The van der Waals surface area contributed by atoms with Gasteiger partial charge >= 0.3 is 5.69 Å². The number of nitro groups is 1. The van der Waals surface area contributed by atoms with Crippen molar-refractivity contribution in [3.8, 4) is 0 Å². The summed E-state index contributed by atoms with van der Waals surface area (Å²) in [6, 6.07) is 2.97. The summed E-state index contributed by atoms with van der Waals surface area (Å²) in [7, 11) is 1.81. The van der Waals surface area contributed by atoms with Crippen LogP contribution in [-0.4, -0.2) is 30.0 Å². The minimum atomic E-state index is -0.450. The summed E-state index contributed by atoms with van der Waals surface area (Å²) in [6.45, 7) is 1.34. The molecule has 0 unspecified atom stereocenters. The van der Waals surface area contributed by atoms with Crippen molar-refractivity contribution >= 4 is 11.5 Å². The van der Waals surface area contributed by atoms with E-state index in [1.807, 2.05) is 7.05 Å². The molecule has 76 valence electrons. The lowest BCUT2D eigenvalue weighted by molar-refractivity contribution is -0.384. The summed E-state index contributed by atoms with van der Waals surface area (Å²) >= 11 is 0. The van der Waals surface area contributed by atoms with Gasteiger partial charge in [0.15, 0.2) is 0 Å². The number of anilines is 1. The SMILES string of the molecule is CNCCNc1ncccc1[N+](=O)[O-]. The van der Waals surface area contributed by atoms with Gasteiger partial charge in [-0.3, -0.25) is 10.1 Å². The summed E-state index contributed by atoms with van der Waals surface area (Å²) < 4.78 is 0. The Kier molecular flexibility index (Phi) is 3.81. The van der Waals surface area contributed by atoms with Gasteiger partial charge in [-0.15, -0.1) is 0 Å². The quantitative estimate of drug-likeness (QED) is 0.410. The molecule has 1 aromatic rings. The number of likely N-dealkylation sites (N-methyl/N-ethyl adjacent to an activating group) is 1. The second-order valence-corrected chi connectivity index (χ2v) is 2.66. The Morgan fingerprint density at radius 1 is 1.57 bits per heavy atom. The van der Waals surface area contributed by atoms with E-state index in [0.29, 0.717) is 12.4 Å². The van der Waals surface area contributed by atoms with Crippen molar-refractivity contribution in [2.45, 2.75) is 0 Å². The highest BCUT2D eigenvalue weighted by atomic mass is 16.6. The van der Waals surface area contributed by atoms with Crippen LogP contribution in [0.4, 0.5) is 11.5 Å². The largest absolute Gasteiger partial charge is 0.363 e. The van der Waals surface area contributed by atoms with Gasteiger partial charge < -0.3 is 10.6 Å². The first-order valence-electron chi connectivity index (χ1n) is 4.23. The molecule has 0 atom stereocenters. The van der Waals surface area contributed by atoms with E-state index in [1.54, 1.807) is 6.07 Å². The molecule has 0 amide bonds. The molecule has 0 aromatic carbocycles. The van der Waals surface area contributed by atoms with Crippen molar-refractivity contribution < 1.29 is 4.92 Å². The fraction of sp³-hybridized carbons (Fsp3) is 0.375. The zero-order valence-electron chi connectivity index (χ0n) is 7.86. The molecule has 0 radical (unpaired) electrons. The molecule has 0 saturated carbocycles. The van der Waals surface area contributed by atoms with Crippen molar-refractivity contribution in [1.29, 1.82) is 0 Å². The second kappa shape index (κ2) is 5.13. The highest BCUT2D eigenvalue weighted by Crippen LogP contribution is 2.19. The van der Waals surface area contributed by atoms with Crippen molar-refractivity contribution in [1.82, 2.24) is 10.3 Å². The summed E-state index contributed by atoms with van der Waals surface area (Å²) in [5.41, 5.74) is 0.00334. The maximum atomic E-state index is 10.6. The summed E-state index contributed by atoms with van der Waals surface area (Å²) in [4.78, 5) is 14.0. The molecule has 1 aromatic heterocycles. The first kappa shape index (κ1) is 10.4. The highest BCUT2D eigenvalue weighted by Gasteiger charge is 2.12. The molecular formula is C8H12N4O2. The normalized spacial score (nSPS) is 9.79. The molecule has 0 aliphatic rings. The molecule has 0 bridgehead atoms. The number of pyridine rings is 1. The zero-order valence-corrected chi connectivity index (χ0v) is 7.86. The van der Waals surface area contributed by atoms with Crippen LogP contribution in [0.1, 0.15) is 0 Å². The molecule has 0 fully saturated rings. The average Bonchev–Trinajstić information content (AvgIpc) is 2.19. The Balaban J connectivity index is 2.69. The molecule has 1 rings (SSSR count). The molecule has 6 heteroatoms. The molecule has 0 aliphatic carbocycles. The van der Waals surface area contributed by atoms with E-state index in [2.05, 4.69) is 15.6 Å². The standard InChI is InChI=1S/C8H12N4O2/c1-9-5-6-11-8-7(12(13)14)3-2-4-10-8/h2-4,9H,5-6H2,1H3,(H,10,11). The minimum absolute atomic E-state index is 0.00334. The number of hydrogen-bond donors (Lipinski definition) is 2. The maximum absolute atomic E-state index is 10.6. The van der Waals surface area contributed by atoms with Gasteiger partial charge in [0.2, 0.25) is 5.82 Å². The van der Waals surface area contributed by atoms with E-state index >= 15 is 0 Å². The number of rotatable bonds is 5. The lowest BCUT2D eigenvalue weighted by Crippen LogP contribution is -2.18. The van der Waals surface area contributed by atoms with Crippen LogP contribution in [-0.2, 0) is 0 Å². The van der Waals surface area contributed by atoms with Crippen LogP contribution in [0.15, 0.2) is 18.3 Å². The molecule has 0 spiro atoms. The Morgan fingerprint density at radius 2 is 2.36 bits per heavy atom. The monoisotopic (exact) mass is 196 g/mol. The summed E-state index contributed by atoms with van der Waals surface area (Å²) in [5.74, 6) is 0.313. The summed E-state index contributed by atoms with van der Waals surface area (Å²) in [6.07, 6.45) is 1.52. The topological polar surface area (TPSA) is 80.1 Å². The van der Waals surface area contributed by atoms with Crippen LogP contribution in [0, 0.1) is 10.1 Å². The van der Waals surface area contributed by atoms with Gasteiger partial charge in [0, 0.05) is 25.4 Å². The Morgan fingerprint density at radius 3 is 3.00 bits per heavy atom.